The van der Waals surface area contributed by atoms with Gasteiger partial charge in [0.05, 0.1) is 10.5 Å². The number of non-ortho nitro benzene ring substituents is 1. The van der Waals surface area contributed by atoms with Crippen LogP contribution < -0.4 is 5.32 Å². The van der Waals surface area contributed by atoms with Gasteiger partial charge in [-0.2, -0.15) is 0 Å². The van der Waals surface area contributed by atoms with E-state index in [1.807, 2.05) is 0 Å². The summed E-state index contributed by atoms with van der Waals surface area (Å²) in [5.41, 5.74) is 0.218. The summed E-state index contributed by atoms with van der Waals surface area (Å²) in [4.78, 5) is 22.4. The van der Waals surface area contributed by atoms with Crippen LogP contribution in [-0.4, -0.2) is 17.4 Å². The van der Waals surface area contributed by atoms with Crippen LogP contribution >= 0.6 is 15.9 Å². The highest BCUT2D eigenvalue weighted by Gasteiger charge is 2.16. The van der Waals surface area contributed by atoms with E-state index in [2.05, 4.69) is 35.1 Å². The highest BCUT2D eigenvalue weighted by molar-refractivity contribution is 9.10. The molecule has 0 radical (unpaired) electrons. The highest BCUT2D eigenvalue weighted by Crippen LogP contribution is 2.22. The fourth-order valence-corrected chi connectivity index (χ4v) is 2.50. The summed E-state index contributed by atoms with van der Waals surface area (Å²) < 4.78 is 0.562. The van der Waals surface area contributed by atoms with Gasteiger partial charge in [-0.3, -0.25) is 14.9 Å². The Morgan fingerprint density at radius 2 is 2.14 bits per heavy atom. The minimum Gasteiger partial charge on any atom is -0.352 e. The van der Waals surface area contributed by atoms with Crippen LogP contribution in [0.5, 0.6) is 0 Å². The number of amides is 1. The van der Waals surface area contributed by atoms with Crippen LogP contribution in [0.4, 0.5) is 5.69 Å². The van der Waals surface area contributed by atoms with Gasteiger partial charge in [0.1, 0.15) is 0 Å². The van der Waals surface area contributed by atoms with Crippen LogP contribution in [0, 0.1) is 16.0 Å². The number of nitrogens with one attached hydrogen (secondary N) is 1. The van der Waals surface area contributed by atoms with Gasteiger partial charge in [-0.1, -0.05) is 33.1 Å². The molecule has 0 fully saturated rings. The molecule has 1 unspecified atom stereocenters. The van der Waals surface area contributed by atoms with E-state index in [1.165, 1.54) is 18.2 Å². The van der Waals surface area contributed by atoms with Crippen LogP contribution in [0.1, 0.15) is 49.9 Å². The van der Waals surface area contributed by atoms with Crippen molar-refractivity contribution in [3.05, 3.63) is 38.3 Å². The molecule has 1 amide bonds. The number of hydrogen-bond donors (Lipinski definition) is 1. The molecule has 116 valence electrons. The molecule has 0 aromatic heterocycles. The summed E-state index contributed by atoms with van der Waals surface area (Å²) in [7, 11) is 0. The monoisotopic (exact) mass is 356 g/mol. The number of nitrogens with zero attached hydrogens (tertiary/aromatic N) is 1. The molecule has 1 aromatic rings. The molecule has 0 aliphatic carbocycles. The van der Waals surface area contributed by atoms with Gasteiger partial charge in [0.2, 0.25) is 0 Å². The average molecular weight is 357 g/mol. The van der Waals surface area contributed by atoms with Gasteiger partial charge in [-0.25, -0.2) is 0 Å². The van der Waals surface area contributed by atoms with E-state index in [1.54, 1.807) is 0 Å². The zero-order valence-corrected chi connectivity index (χ0v) is 14.0. The van der Waals surface area contributed by atoms with Crippen molar-refractivity contribution in [1.29, 1.82) is 0 Å². The van der Waals surface area contributed by atoms with Gasteiger partial charge in [0.25, 0.3) is 11.6 Å². The maximum absolute atomic E-state index is 12.2. The Kier molecular flexibility index (Phi) is 7.36. The fourth-order valence-electron chi connectivity index (χ4n) is 2.08. The van der Waals surface area contributed by atoms with Crippen molar-refractivity contribution in [3.63, 3.8) is 0 Å². The number of hydrogen-bond acceptors (Lipinski definition) is 3. The third-order valence-corrected chi connectivity index (χ3v) is 4.19. The number of benzene rings is 1. The lowest BCUT2D eigenvalue weighted by Gasteiger charge is -2.15. The third-order valence-electron chi connectivity index (χ3n) is 3.50. The van der Waals surface area contributed by atoms with E-state index >= 15 is 0 Å². The molecular weight excluding hydrogens is 336 g/mol. The zero-order valence-electron chi connectivity index (χ0n) is 12.4. The Morgan fingerprint density at radius 1 is 1.43 bits per heavy atom. The molecule has 1 rings (SSSR count). The largest absolute Gasteiger partial charge is 0.352 e. The second kappa shape index (κ2) is 8.77. The second-order valence-electron chi connectivity index (χ2n) is 5.05. The van der Waals surface area contributed by atoms with E-state index in [-0.39, 0.29) is 11.6 Å². The van der Waals surface area contributed by atoms with E-state index in [9.17, 15) is 14.9 Å². The van der Waals surface area contributed by atoms with Crippen molar-refractivity contribution in [2.45, 2.75) is 39.5 Å². The maximum atomic E-state index is 12.2. The first-order valence-electron chi connectivity index (χ1n) is 7.21. The van der Waals surface area contributed by atoms with Crippen molar-refractivity contribution in [1.82, 2.24) is 5.32 Å². The Labute approximate surface area is 133 Å². The van der Waals surface area contributed by atoms with Crippen LogP contribution in [0.2, 0.25) is 0 Å². The molecule has 0 saturated heterocycles. The van der Waals surface area contributed by atoms with Gasteiger partial charge >= 0.3 is 0 Å². The van der Waals surface area contributed by atoms with Crippen molar-refractivity contribution < 1.29 is 9.72 Å². The van der Waals surface area contributed by atoms with Crippen molar-refractivity contribution in [2.24, 2.45) is 5.92 Å². The minimum atomic E-state index is -0.501. The fraction of sp³-hybridized carbons (Fsp3) is 0.533. The van der Waals surface area contributed by atoms with Gasteiger partial charge in [-0.05, 0) is 34.3 Å². The molecule has 0 aliphatic heterocycles. The molecule has 1 atom stereocenters. The van der Waals surface area contributed by atoms with Gasteiger partial charge in [-0.15, -0.1) is 0 Å². The lowest BCUT2D eigenvalue weighted by molar-refractivity contribution is -0.384. The summed E-state index contributed by atoms with van der Waals surface area (Å²) in [6.07, 6.45) is 4.38. The van der Waals surface area contributed by atoms with E-state index in [0.29, 0.717) is 22.5 Å². The van der Waals surface area contributed by atoms with Crippen molar-refractivity contribution in [3.8, 4) is 0 Å². The Morgan fingerprint density at radius 3 is 2.71 bits per heavy atom. The molecule has 0 heterocycles. The molecule has 0 spiro atoms. The first-order valence-corrected chi connectivity index (χ1v) is 8.01. The number of halogens is 1. The zero-order chi connectivity index (χ0) is 15.8. The predicted molar refractivity (Wildman–Crippen MR) is 86.4 cm³/mol. The van der Waals surface area contributed by atoms with Crippen LogP contribution in [-0.2, 0) is 0 Å². The summed E-state index contributed by atoms with van der Waals surface area (Å²) in [6.45, 7) is 4.85. The number of carbonyl (C=O) groups is 1. The van der Waals surface area contributed by atoms with Crippen LogP contribution in [0.25, 0.3) is 0 Å². The lowest BCUT2D eigenvalue weighted by Crippen LogP contribution is -2.29. The van der Waals surface area contributed by atoms with E-state index < -0.39 is 4.92 Å². The van der Waals surface area contributed by atoms with Crippen LogP contribution in [0.15, 0.2) is 22.7 Å². The second-order valence-corrected chi connectivity index (χ2v) is 5.90. The van der Waals surface area contributed by atoms with Gasteiger partial charge in [0.15, 0.2) is 0 Å². The molecule has 1 aromatic carbocycles. The topological polar surface area (TPSA) is 72.2 Å². The number of nitro benzene ring substituents is 1. The van der Waals surface area contributed by atoms with E-state index in [0.717, 1.165) is 25.7 Å². The summed E-state index contributed by atoms with van der Waals surface area (Å²) in [5.74, 6) is 0.173. The first-order chi connectivity index (χ1) is 9.99. The number of rotatable bonds is 8. The molecule has 1 N–H and O–H groups in total. The van der Waals surface area contributed by atoms with Crippen LogP contribution in [0.3, 0.4) is 0 Å². The van der Waals surface area contributed by atoms with Gasteiger partial charge in [0, 0.05) is 23.2 Å². The quantitative estimate of drug-likeness (QED) is 0.557. The smallest absolute Gasteiger partial charge is 0.270 e. The maximum Gasteiger partial charge on any atom is 0.270 e. The molecule has 5 nitrogen and oxygen atoms in total. The van der Waals surface area contributed by atoms with Crippen molar-refractivity contribution >= 4 is 27.5 Å². The van der Waals surface area contributed by atoms with E-state index in [4.69, 9.17) is 0 Å². The Hall–Kier alpha value is -1.43. The first kappa shape index (κ1) is 17.6. The molecule has 0 bridgehead atoms. The number of nitro groups is 1. The number of unbranched alkanes of at least 4 members (excludes halogenated alkanes) is 1. The summed E-state index contributed by atoms with van der Waals surface area (Å²) >= 11 is 3.26. The normalized spacial score (nSPS) is 12.0. The standard InChI is InChI=1S/C15H21BrN2O3/c1-3-5-6-11(4-2)10-17-15(19)13-9-12(18(20)21)7-8-14(13)16/h7-9,11H,3-6,10H2,1-2H3,(H,17,19). The molecule has 6 heteroatoms. The lowest BCUT2D eigenvalue weighted by atomic mass is 9.99. The molecule has 0 saturated carbocycles. The molecular formula is C15H21BrN2O3. The van der Waals surface area contributed by atoms with Crippen molar-refractivity contribution in [2.75, 3.05) is 6.54 Å². The Balaban J connectivity index is 2.70. The average Bonchev–Trinajstić information content (AvgIpc) is 2.47. The highest BCUT2D eigenvalue weighted by atomic mass is 79.9. The SMILES string of the molecule is CCCCC(CC)CNC(=O)c1cc([N+](=O)[O-])ccc1Br. The minimum absolute atomic E-state index is 0.0821. The summed E-state index contributed by atoms with van der Waals surface area (Å²) in [5, 5.41) is 13.7. The summed E-state index contributed by atoms with van der Waals surface area (Å²) in [6, 6.07) is 4.20. The van der Waals surface area contributed by atoms with Gasteiger partial charge < -0.3 is 5.32 Å². The number of carbonyl (C=O) groups excluding carboxylic acids is 1. The molecule has 21 heavy (non-hydrogen) atoms. The predicted octanol–water partition coefficient (Wildman–Crippen LogP) is 4.30. The molecule has 0 aliphatic rings. The Bertz CT molecular complexity index is 506. The third kappa shape index (κ3) is 5.46.